The minimum Gasteiger partial charge on any atom is -0.330 e. The number of hydrogen-bond acceptors (Lipinski definition) is 1. The first kappa shape index (κ1) is 12.4. The van der Waals surface area contributed by atoms with Gasteiger partial charge in [-0.1, -0.05) is 25.0 Å². The summed E-state index contributed by atoms with van der Waals surface area (Å²) in [6, 6.07) is 0. The van der Waals surface area contributed by atoms with Crippen molar-refractivity contribution >= 4 is 0 Å². The fraction of sp³-hybridized carbons (Fsp3) is 0.667. The van der Waals surface area contributed by atoms with Crippen molar-refractivity contribution in [3.05, 3.63) is 25.3 Å². The van der Waals surface area contributed by atoms with Crippen molar-refractivity contribution in [2.75, 3.05) is 6.54 Å². The van der Waals surface area contributed by atoms with Crippen LogP contribution in [0.4, 0.5) is 0 Å². The molecular formula is C12H23N. The van der Waals surface area contributed by atoms with Crippen molar-refractivity contribution in [3.8, 4) is 0 Å². The summed E-state index contributed by atoms with van der Waals surface area (Å²) in [7, 11) is 0. The lowest BCUT2D eigenvalue weighted by molar-refractivity contribution is 0.465. The molecule has 0 aliphatic rings. The molecule has 0 atom stereocenters. The molecule has 0 saturated carbocycles. The molecule has 0 saturated heterocycles. The Balaban J connectivity index is 3.43. The smallest absolute Gasteiger partial charge is 0.00773 e. The fourth-order valence-electron chi connectivity index (χ4n) is 1.56. The van der Waals surface area contributed by atoms with Crippen LogP contribution in [0.15, 0.2) is 25.3 Å². The van der Waals surface area contributed by atoms with E-state index < -0.39 is 0 Å². The van der Waals surface area contributed by atoms with Gasteiger partial charge in [-0.2, -0.15) is 0 Å². The number of allylic oxidation sites excluding steroid dienone is 2. The fourth-order valence-corrected chi connectivity index (χ4v) is 1.56. The van der Waals surface area contributed by atoms with Gasteiger partial charge in [0.1, 0.15) is 0 Å². The minimum atomic E-state index is 0.757. The summed E-state index contributed by atoms with van der Waals surface area (Å²) >= 11 is 0. The van der Waals surface area contributed by atoms with Gasteiger partial charge in [-0.3, -0.25) is 0 Å². The number of nitrogens with two attached hydrogens (primary N) is 1. The molecule has 0 rings (SSSR count). The van der Waals surface area contributed by atoms with Crippen LogP contribution in [0.25, 0.3) is 0 Å². The van der Waals surface area contributed by atoms with Crippen molar-refractivity contribution in [1.29, 1.82) is 0 Å². The molecule has 2 N–H and O–H groups in total. The molecule has 0 aromatic rings. The normalized spacial score (nSPS) is 10.3. The molecule has 0 radical (unpaired) electrons. The molecule has 0 aliphatic carbocycles. The maximum absolute atomic E-state index is 5.43. The van der Waals surface area contributed by atoms with Gasteiger partial charge in [0.25, 0.3) is 0 Å². The summed E-state index contributed by atoms with van der Waals surface area (Å²) in [4.78, 5) is 0. The predicted molar refractivity (Wildman–Crippen MR) is 60.6 cm³/mol. The number of rotatable bonds is 9. The Kier molecular flexibility index (Phi) is 9.12. The molecule has 0 aromatic carbocycles. The van der Waals surface area contributed by atoms with Crippen LogP contribution in [0.3, 0.4) is 0 Å². The van der Waals surface area contributed by atoms with Crippen molar-refractivity contribution < 1.29 is 0 Å². The molecule has 76 valence electrons. The first-order chi connectivity index (χ1) is 6.35. The van der Waals surface area contributed by atoms with Gasteiger partial charge in [0, 0.05) is 0 Å². The Bertz CT molecular complexity index is 119. The summed E-state index contributed by atoms with van der Waals surface area (Å²) in [5.41, 5.74) is 5.43. The summed E-state index contributed by atoms with van der Waals surface area (Å²) in [6.45, 7) is 8.37. The van der Waals surface area contributed by atoms with Crippen molar-refractivity contribution in [2.45, 2.75) is 38.5 Å². The van der Waals surface area contributed by atoms with Gasteiger partial charge in [-0.05, 0) is 38.1 Å². The Hall–Kier alpha value is -0.560. The first-order valence-electron chi connectivity index (χ1n) is 5.27. The van der Waals surface area contributed by atoms with Gasteiger partial charge in [0.2, 0.25) is 0 Å². The second kappa shape index (κ2) is 9.53. The van der Waals surface area contributed by atoms with E-state index in [1.165, 1.54) is 19.3 Å². The van der Waals surface area contributed by atoms with E-state index in [2.05, 4.69) is 13.2 Å². The minimum absolute atomic E-state index is 0.757. The second-order valence-corrected chi connectivity index (χ2v) is 3.55. The lowest BCUT2D eigenvalue weighted by Crippen LogP contribution is -2.00. The third kappa shape index (κ3) is 7.79. The highest BCUT2D eigenvalue weighted by Gasteiger charge is 2.03. The van der Waals surface area contributed by atoms with E-state index in [-0.39, 0.29) is 0 Å². The van der Waals surface area contributed by atoms with Crippen LogP contribution in [0.5, 0.6) is 0 Å². The number of hydrogen-bond donors (Lipinski definition) is 1. The molecule has 0 unspecified atom stereocenters. The summed E-state index contributed by atoms with van der Waals surface area (Å²) in [6.07, 6.45) is 11.3. The summed E-state index contributed by atoms with van der Waals surface area (Å²) in [5.74, 6) is 0.757. The van der Waals surface area contributed by atoms with Crippen LogP contribution in [-0.4, -0.2) is 6.54 Å². The lowest BCUT2D eigenvalue weighted by atomic mass is 9.94. The third-order valence-corrected chi connectivity index (χ3v) is 2.32. The van der Waals surface area contributed by atoms with Gasteiger partial charge < -0.3 is 5.73 Å². The van der Waals surface area contributed by atoms with Gasteiger partial charge in [0.05, 0.1) is 0 Å². The Morgan fingerprint density at radius 1 is 1.00 bits per heavy atom. The van der Waals surface area contributed by atoms with Gasteiger partial charge in [0.15, 0.2) is 0 Å². The molecule has 0 heterocycles. The predicted octanol–water partition coefficient (Wildman–Crippen LogP) is 3.27. The first-order valence-corrected chi connectivity index (χ1v) is 5.27. The SMILES string of the molecule is C=CCC(CC=C)CCCCCN. The largest absolute Gasteiger partial charge is 0.330 e. The molecule has 0 aromatic heterocycles. The number of unbranched alkanes of at least 4 members (excludes halogenated alkanes) is 2. The maximum Gasteiger partial charge on any atom is -0.00773 e. The average Bonchev–Trinajstić information content (AvgIpc) is 2.13. The Morgan fingerprint density at radius 3 is 2.08 bits per heavy atom. The van der Waals surface area contributed by atoms with Crippen molar-refractivity contribution in [2.24, 2.45) is 11.7 Å². The van der Waals surface area contributed by atoms with Crippen molar-refractivity contribution in [1.82, 2.24) is 0 Å². The zero-order valence-electron chi connectivity index (χ0n) is 8.67. The highest BCUT2D eigenvalue weighted by molar-refractivity contribution is 4.79. The summed E-state index contributed by atoms with van der Waals surface area (Å²) in [5, 5.41) is 0. The third-order valence-electron chi connectivity index (χ3n) is 2.32. The van der Waals surface area contributed by atoms with E-state index >= 15 is 0 Å². The van der Waals surface area contributed by atoms with E-state index in [0.717, 1.165) is 31.7 Å². The van der Waals surface area contributed by atoms with Gasteiger partial charge in [-0.15, -0.1) is 13.2 Å². The molecule has 0 fully saturated rings. The summed E-state index contributed by atoms with van der Waals surface area (Å²) < 4.78 is 0. The molecular weight excluding hydrogens is 158 g/mol. The van der Waals surface area contributed by atoms with Crippen LogP contribution in [-0.2, 0) is 0 Å². The van der Waals surface area contributed by atoms with Crippen LogP contribution in [0.1, 0.15) is 38.5 Å². The topological polar surface area (TPSA) is 26.0 Å². The van der Waals surface area contributed by atoms with E-state index in [1.807, 2.05) is 12.2 Å². The highest BCUT2D eigenvalue weighted by atomic mass is 14.5. The average molecular weight is 181 g/mol. The van der Waals surface area contributed by atoms with Crippen LogP contribution >= 0.6 is 0 Å². The Labute approximate surface area is 82.7 Å². The molecule has 0 amide bonds. The molecule has 0 spiro atoms. The monoisotopic (exact) mass is 181 g/mol. The maximum atomic E-state index is 5.43. The quantitative estimate of drug-likeness (QED) is 0.429. The van der Waals surface area contributed by atoms with E-state index in [9.17, 15) is 0 Å². The molecule has 0 bridgehead atoms. The standard InChI is InChI=1S/C12H23N/c1-3-8-12(9-4-2)10-6-5-7-11-13/h3-4,12H,1-2,5-11,13H2. The van der Waals surface area contributed by atoms with Crippen molar-refractivity contribution in [3.63, 3.8) is 0 Å². The van der Waals surface area contributed by atoms with E-state index in [1.54, 1.807) is 0 Å². The Morgan fingerprint density at radius 2 is 1.62 bits per heavy atom. The van der Waals surface area contributed by atoms with Gasteiger partial charge >= 0.3 is 0 Å². The lowest BCUT2D eigenvalue weighted by Gasteiger charge is -2.11. The molecule has 0 aliphatic heterocycles. The second-order valence-electron chi connectivity index (χ2n) is 3.55. The zero-order valence-corrected chi connectivity index (χ0v) is 8.67. The van der Waals surface area contributed by atoms with Crippen LogP contribution in [0, 0.1) is 5.92 Å². The zero-order chi connectivity index (χ0) is 9.94. The molecule has 13 heavy (non-hydrogen) atoms. The molecule has 1 heteroatoms. The highest BCUT2D eigenvalue weighted by Crippen LogP contribution is 2.18. The van der Waals surface area contributed by atoms with Crippen LogP contribution in [0.2, 0.25) is 0 Å². The molecule has 1 nitrogen and oxygen atoms in total. The van der Waals surface area contributed by atoms with E-state index in [0.29, 0.717) is 0 Å². The van der Waals surface area contributed by atoms with E-state index in [4.69, 9.17) is 5.73 Å². The van der Waals surface area contributed by atoms with Crippen LogP contribution < -0.4 is 5.73 Å². The van der Waals surface area contributed by atoms with Gasteiger partial charge in [-0.25, -0.2) is 0 Å².